The molecule has 0 aliphatic rings. The summed E-state index contributed by atoms with van der Waals surface area (Å²) in [6, 6.07) is 2.61. The predicted octanol–water partition coefficient (Wildman–Crippen LogP) is 0.552. The Morgan fingerprint density at radius 1 is 1.42 bits per heavy atom. The van der Waals surface area contributed by atoms with Gasteiger partial charge in [0.25, 0.3) is 11.6 Å². The monoisotopic (exact) mass is 269 g/mol. The zero-order valence-electron chi connectivity index (χ0n) is 10.3. The number of likely N-dealkylation sites (N-methyl/N-ethyl adjacent to an activating group) is 1. The van der Waals surface area contributed by atoms with Crippen molar-refractivity contribution in [2.45, 2.75) is 0 Å². The maximum atomic E-state index is 13.4. The van der Waals surface area contributed by atoms with Crippen LogP contribution in [0.4, 0.5) is 10.1 Å². The molecule has 0 aromatic heterocycles. The van der Waals surface area contributed by atoms with Gasteiger partial charge in [0.1, 0.15) is 5.82 Å². The highest BCUT2D eigenvalue weighted by Crippen LogP contribution is 2.16. The Morgan fingerprint density at radius 2 is 2.05 bits per heavy atom. The van der Waals surface area contributed by atoms with Gasteiger partial charge in [-0.3, -0.25) is 19.7 Å². The maximum absolute atomic E-state index is 13.4. The molecule has 0 aliphatic carbocycles. The summed E-state index contributed by atoms with van der Waals surface area (Å²) in [6.07, 6.45) is 0. The van der Waals surface area contributed by atoms with Crippen LogP contribution in [-0.2, 0) is 4.79 Å². The molecule has 0 spiro atoms. The van der Waals surface area contributed by atoms with Gasteiger partial charge in [-0.1, -0.05) is 0 Å². The van der Waals surface area contributed by atoms with Crippen molar-refractivity contribution in [1.82, 2.24) is 10.2 Å². The highest BCUT2D eigenvalue weighted by atomic mass is 19.1. The van der Waals surface area contributed by atoms with Crippen molar-refractivity contribution < 1.29 is 18.9 Å². The number of carbonyl (C=O) groups is 2. The predicted molar refractivity (Wildman–Crippen MR) is 64.1 cm³/mol. The molecule has 1 N–H and O–H groups in total. The molecule has 102 valence electrons. The van der Waals surface area contributed by atoms with Crippen LogP contribution >= 0.6 is 0 Å². The number of hydrogen-bond donors (Lipinski definition) is 1. The van der Waals surface area contributed by atoms with E-state index in [4.69, 9.17) is 0 Å². The molecule has 19 heavy (non-hydrogen) atoms. The molecule has 0 saturated heterocycles. The molecule has 0 fully saturated rings. The molecule has 0 bridgehead atoms. The van der Waals surface area contributed by atoms with E-state index in [9.17, 15) is 24.1 Å². The van der Waals surface area contributed by atoms with E-state index in [2.05, 4.69) is 5.32 Å². The van der Waals surface area contributed by atoms with Crippen LogP contribution in [0.2, 0.25) is 0 Å². The quantitative estimate of drug-likeness (QED) is 0.638. The van der Waals surface area contributed by atoms with Crippen molar-refractivity contribution >= 4 is 17.5 Å². The van der Waals surface area contributed by atoms with Crippen LogP contribution < -0.4 is 5.32 Å². The number of nitro benzene ring substituents is 1. The van der Waals surface area contributed by atoms with Crippen LogP contribution in [0, 0.1) is 15.9 Å². The summed E-state index contributed by atoms with van der Waals surface area (Å²) in [6.45, 7) is -0.312. The lowest BCUT2D eigenvalue weighted by atomic mass is 10.1. The molecule has 0 unspecified atom stereocenters. The normalized spacial score (nSPS) is 9.84. The van der Waals surface area contributed by atoms with Crippen LogP contribution in [0.3, 0.4) is 0 Å². The highest BCUT2D eigenvalue weighted by Gasteiger charge is 2.17. The average Bonchev–Trinajstić information content (AvgIpc) is 2.35. The zero-order valence-corrected chi connectivity index (χ0v) is 10.3. The summed E-state index contributed by atoms with van der Waals surface area (Å²) in [7, 11) is 3.00. The minimum Gasteiger partial charge on any atom is -0.347 e. The van der Waals surface area contributed by atoms with Crippen LogP contribution in [-0.4, -0.2) is 42.3 Å². The Hall–Kier alpha value is -2.51. The number of amides is 2. The van der Waals surface area contributed by atoms with Gasteiger partial charge < -0.3 is 10.2 Å². The summed E-state index contributed by atoms with van der Waals surface area (Å²) in [5.41, 5.74) is -0.869. The zero-order chi connectivity index (χ0) is 14.6. The Bertz CT molecular complexity index is 531. The van der Waals surface area contributed by atoms with E-state index >= 15 is 0 Å². The largest absolute Gasteiger partial charge is 0.347 e. The molecular weight excluding hydrogens is 257 g/mol. The first-order valence-corrected chi connectivity index (χ1v) is 5.25. The Balaban J connectivity index is 2.84. The topological polar surface area (TPSA) is 92.6 Å². The first-order valence-electron chi connectivity index (χ1n) is 5.25. The number of halogens is 1. The van der Waals surface area contributed by atoms with Gasteiger partial charge in [0.15, 0.2) is 0 Å². The van der Waals surface area contributed by atoms with Crippen LogP contribution in [0.25, 0.3) is 0 Å². The Morgan fingerprint density at radius 3 is 2.58 bits per heavy atom. The van der Waals surface area contributed by atoms with Gasteiger partial charge in [0.05, 0.1) is 17.0 Å². The summed E-state index contributed by atoms with van der Waals surface area (Å²) in [5, 5.41) is 12.7. The molecule has 1 aromatic rings. The lowest BCUT2D eigenvalue weighted by Crippen LogP contribution is -2.36. The van der Waals surface area contributed by atoms with Crippen molar-refractivity contribution in [1.29, 1.82) is 0 Å². The smallest absolute Gasteiger partial charge is 0.270 e. The van der Waals surface area contributed by atoms with Crippen LogP contribution in [0.1, 0.15) is 10.4 Å². The minimum atomic E-state index is -0.889. The summed E-state index contributed by atoms with van der Waals surface area (Å²) in [5.74, 6) is -2.14. The third-order valence-corrected chi connectivity index (χ3v) is 2.30. The molecule has 0 saturated carbocycles. The SMILES string of the molecule is CN(C)C(=O)CNC(=O)c1cc([N+](=O)[O-])ccc1F. The van der Waals surface area contributed by atoms with Crippen molar-refractivity contribution in [2.24, 2.45) is 0 Å². The number of hydrogen-bond acceptors (Lipinski definition) is 4. The average molecular weight is 269 g/mol. The van der Waals surface area contributed by atoms with Crippen LogP contribution in [0.5, 0.6) is 0 Å². The molecule has 0 heterocycles. The third kappa shape index (κ3) is 3.73. The van der Waals surface area contributed by atoms with Gasteiger partial charge in [-0.25, -0.2) is 4.39 Å². The number of benzene rings is 1. The van der Waals surface area contributed by atoms with E-state index in [0.717, 1.165) is 18.2 Å². The Kier molecular flexibility index (Phi) is 4.51. The van der Waals surface area contributed by atoms with E-state index in [0.29, 0.717) is 0 Å². The Labute approximate surface area is 108 Å². The van der Waals surface area contributed by atoms with Gasteiger partial charge in [-0.05, 0) is 6.07 Å². The van der Waals surface area contributed by atoms with Gasteiger partial charge in [0.2, 0.25) is 5.91 Å². The fourth-order valence-corrected chi connectivity index (χ4v) is 1.21. The number of rotatable bonds is 4. The first kappa shape index (κ1) is 14.6. The molecular formula is C11H12FN3O4. The van der Waals surface area contributed by atoms with Gasteiger partial charge in [0, 0.05) is 26.2 Å². The maximum Gasteiger partial charge on any atom is 0.270 e. The van der Waals surface area contributed by atoms with Crippen LogP contribution in [0.15, 0.2) is 18.2 Å². The minimum absolute atomic E-state index is 0.312. The van der Waals surface area contributed by atoms with E-state index in [-0.39, 0.29) is 12.5 Å². The first-order chi connectivity index (χ1) is 8.82. The molecule has 0 aliphatic heterocycles. The second-order valence-electron chi connectivity index (χ2n) is 3.89. The summed E-state index contributed by atoms with van der Waals surface area (Å²) < 4.78 is 13.4. The molecule has 1 rings (SSSR count). The molecule has 1 aromatic carbocycles. The molecule has 2 amide bonds. The number of carbonyl (C=O) groups excluding carboxylic acids is 2. The van der Waals surface area contributed by atoms with E-state index in [1.165, 1.54) is 19.0 Å². The van der Waals surface area contributed by atoms with E-state index in [1.54, 1.807) is 0 Å². The fraction of sp³-hybridized carbons (Fsp3) is 0.273. The lowest BCUT2D eigenvalue weighted by molar-refractivity contribution is -0.384. The number of non-ortho nitro benzene ring substituents is 1. The molecule has 0 atom stereocenters. The summed E-state index contributed by atoms with van der Waals surface area (Å²) >= 11 is 0. The van der Waals surface area contributed by atoms with Gasteiger partial charge in [-0.2, -0.15) is 0 Å². The fourth-order valence-electron chi connectivity index (χ4n) is 1.21. The molecule has 7 nitrogen and oxygen atoms in total. The summed E-state index contributed by atoms with van der Waals surface area (Å²) in [4.78, 5) is 33.9. The highest BCUT2D eigenvalue weighted by molar-refractivity contribution is 5.97. The van der Waals surface area contributed by atoms with Crippen molar-refractivity contribution in [2.75, 3.05) is 20.6 Å². The van der Waals surface area contributed by atoms with E-state index in [1.807, 2.05) is 0 Å². The van der Waals surface area contributed by atoms with Crippen molar-refractivity contribution in [3.8, 4) is 0 Å². The van der Waals surface area contributed by atoms with E-state index < -0.39 is 27.9 Å². The standard InChI is InChI=1S/C11H12FN3O4/c1-14(2)10(16)6-13-11(17)8-5-7(15(18)19)3-4-9(8)12/h3-5H,6H2,1-2H3,(H,13,17). The number of nitrogens with one attached hydrogen (secondary N) is 1. The third-order valence-electron chi connectivity index (χ3n) is 2.30. The second kappa shape index (κ2) is 5.89. The second-order valence-corrected chi connectivity index (χ2v) is 3.89. The van der Waals surface area contributed by atoms with Gasteiger partial charge in [-0.15, -0.1) is 0 Å². The van der Waals surface area contributed by atoms with Crippen molar-refractivity contribution in [3.05, 3.63) is 39.7 Å². The van der Waals surface area contributed by atoms with Gasteiger partial charge >= 0.3 is 0 Å². The van der Waals surface area contributed by atoms with Crippen molar-refractivity contribution in [3.63, 3.8) is 0 Å². The number of nitro groups is 1. The molecule has 0 radical (unpaired) electrons. The molecule has 8 heteroatoms. The lowest BCUT2D eigenvalue weighted by Gasteiger charge is -2.11. The number of nitrogens with zero attached hydrogens (tertiary/aromatic N) is 2.